The van der Waals surface area contributed by atoms with Crippen LogP contribution in [0.3, 0.4) is 0 Å². The largest absolute Gasteiger partial charge is 0.377 e. The lowest BCUT2D eigenvalue weighted by Crippen LogP contribution is -2.51. The summed E-state index contributed by atoms with van der Waals surface area (Å²) in [5.41, 5.74) is -0.268. The molecule has 0 aromatic carbocycles. The van der Waals surface area contributed by atoms with Crippen LogP contribution in [0.4, 0.5) is 8.78 Å². The molecule has 4 N–H and O–H groups in total. The Balaban J connectivity index is 1.65. The number of rotatable bonds is 3. The molecular weight excluding hydrogens is 540 g/mol. The van der Waals surface area contributed by atoms with Gasteiger partial charge in [0.1, 0.15) is 12.6 Å². The monoisotopic (exact) mass is 587 g/mol. The van der Waals surface area contributed by atoms with Crippen molar-refractivity contribution in [2.75, 3.05) is 46.1 Å². The predicted octanol–water partition coefficient (Wildman–Crippen LogP) is 1.10. The third-order valence-corrected chi connectivity index (χ3v) is 7.56. The number of hydrogen-bond acceptors (Lipinski definition) is 7. The number of halogens is 2. The third kappa shape index (κ3) is 11.4. The van der Waals surface area contributed by atoms with E-state index in [1.54, 1.807) is 4.90 Å². The van der Waals surface area contributed by atoms with Gasteiger partial charge in [0.05, 0.1) is 25.9 Å². The first-order chi connectivity index (χ1) is 19.3. The zero-order chi connectivity index (χ0) is 30.0. The molecule has 2 bridgehead atoms. The number of carbonyl (C=O) groups is 4. The fourth-order valence-electron chi connectivity index (χ4n) is 5.46. The van der Waals surface area contributed by atoms with Gasteiger partial charge in [0.25, 0.3) is 0 Å². The van der Waals surface area contributed by atoms with Crippen LogP contribution in [0.5, 0.6) is 0 Å². The van der Waals surface area contributed by atoms with E-state index in [9.17, 15) is 28.0 Å². The van der Waals surface area contributed by atoms with Crippen LogP contribution < -0.4 is 21.3 Å². The van der Waals surface area contributed by atoms with E-state index in [1.165, 1.54) is 0 Å². The van der Waals surface area contributed by atoms with E-state index in [0.717, 1.165) is 0 Å². The zero-order valence-electron chi connectivity index (χ0n) is 24.6. The SMILES string of the molecule is CC(C)(C)CC(=O)N1C[C@@H]2C[C@H]1C(=O)NCCCC(NC1CCC(F)(F)CC1)C(=O)NCCOCCOCC(=O)N2. The molecule has 0 spiro atoms. The standard InChI is InChI=1S/C28H47F2N5O6/c1-27(2,3)16-24(37)35-17-20-15-22(35)26(39)31-10-4-5-21(33-19-6-8-28(29,30)9-7-19)25(38)32-11-12-40-13-14-41-18-23(36)34-20/h19-22,33H,4-18H2,1-3H3,(H,31,39)(H,32,38)(H,34,36)/t20-,21?,22-/m0/s1. The Hall–Kier alpha value is -2.38. The topological polar surface area (TPSA) is 138 Å². The number of alkyl halides is 2. The number of nitrogens with zero attached hydrogens (tertiary/aromatic N) is 1. The van der Waals surface area contributed by atoms with Crippen molar-refractivity contribution in [2.45, 2.75) is 102 Å². The van der Waals surface area contributed by atoms with E-state index in [2.05, 4.69) is 21.3 Å². The second kappa shape index (κ2) is 15.2. The Morgan fingerprint density at radius 2 is 1.68 bits per heavy atom. The van der Waals surface area contributed by atoms with Crippen LogP contribution in [0.2, 0.25) is 0 Å². The predicted molar refractivity (Wildman–Crippen MR) is 147 cm³/mol. The molecule has 3 atom stereocenters. The first-order valence-corrected chi connectivity index (χ1v) is 14.8. The van der Waals surface area contributed by atoms with Crippen molar-refractivity contribution in [3.05, 3.63) is 0 Å². The fraction of sp³-hybridized carbons (Fsp3) is 0.857. The van der Waals surface area contributed by atoms with Crippen LogP contribution in [0, 0.1) is 5.41 Å². The van der Waals surface area contributed by atoms with Crippen molar-refractivity contribution in [1.29, 1.82) is 0 Å². The van der Waals surface area contributed by atoms with E-state index < -0.39 is 18.0 Å². The lowest BCUT2D eigenvalue weighted by molar-refractivity contribution is -0.139. The van der Waals surface area contributed by atoms with Crippen molar-refractivity contribution < 1.29 is 37.4 Å². The molecular formula is C28H47F2N5O6. The van der Waals surface area contributed by atoms with E-state index in [0.29, 0.717) is 12.8 Å². The third-order valence-electron chi connectivity index (χ3n) is 7.56. The van der Waals surface area contributed by atoms with Crippen LogP contribution in [-0.4, -0.2) is 105 Å². The number of fused-ring (bicyclic) bond motifs is 2. The van der Waals surface area contributed by atoms with Gasteiger partial charge in [-0.25, -0.2) is 8.78 Å². The maximum atomic E-state index is 13.6. The normalized spacial score (nSPS) is 28.4. The molecule has 0 radical (unpaired) electrons. The molecule has 0 aromatic heterocycles. The number of nitrogens with one attached hydrogen (secondary N) is 4. The first-order valence-electron chi connectivity index (χ1n) is 14.8. The maximum Gasteiger partial charge on any atom is 0.248 e. The van der Waals surface area contributed by atoms with Crippen LogP contribution >= 0.6 is 0 Å². The van der Waals surface area contributed by atoms with Gasteiger partial charge < -0.3 is 35.6 Å². The number of likely N-dealkylation sites (tertiary alicyclic amines) is 1. The number of amides is 4. The maximum absolute atomic E-state index is 13.6. The molecule has 1 unspecified atom stereocenters. The zero-order valence-corrected chi connectivity index (χ0v) is 24.6. The molecule has 2 saturated heterocycles. The minimum atomic E-state index is -2.66. The van der Waals surface area contributed by atoms with Gasteiger partial charge in [0.2, 0.25) is 29.6 Å². The van der Waals surface area contributed by atoms with E-state index in [-0.39, 0.29) is 126 Å². The van der Waals surface area contributed by atoms with Crippen molar-refractivity contribution >= 4 is 23.6 Å². The Kier molecular flexibility index (Phi) is 12.3. The molecule has 2 aliphatic heterocycles. The van der Waals surface area contributed by atoms with E-state index >= 15 is 0 Å². The van der Waals surface area contributed by atoms with E-state index in [4.69, 9.17) is 9.47 Å². The Labute approximate surface area is 241 Å². The Bertz CT molecular complexity index is 905. The molecule has 3 fully saturated rings. The molecule has 3 aliphatic rings. The smallest absolute Gasteiger partial charge is 0.248 e. The molecule has 1 saturated carbocycles. The van der Waals surface area contributed by atoms with Gasteiger partial charge >= 0.3 is 0 Å². The summed E-state index contributed by atoms with van der Waals surface area (Å²) in [4.78, 5) is 53.2. The molecule has 234 valence electrons. The summed E-state index contributed by atoms with van der Waals surface area (Å²) in [6.07, 6.45) is 1.56. The van der Waals surface area contributed by atoms with Gasteiger partial charge in [-0.05, 0) is 37.5 Å². The van der Waals surface area contributed by atoms with Gasteiger partial charge in [0, 0.05) is 51.0 Å². The molecule has 3 rings (SSSR count). The molecule has 2 heterocycles. The van der Waals surface area contributed by atoms with Gasteiger partial charge in [-0.1, -0.05) is 20.8 Å². The van der Waals surface area contributed by atoms with Crippen LogP contribution in [0.15, 0.2) is 0 Å². The molecule has 0 aromatic rings. The quantitative estimate of drug-likeness (QED) is 0.388. The summed E-state index contributed by atoms with van der Waals surface area (Å²) in [5, 5.41) is 11.8. The van der Waals surface area contributed by atoms with Crippen LogP contribution in [0.1, 0.15) is 72.1 Å². The molecule has 1 aliphatic carbocycles. The lowest BCUT2D eigenvalue weighted by Gasteiger charge is -2.31. The number of carbonyl (C=O) groups excluding carboxylic acids is 4. The van der Waals surface area contributed by atoms with Crippen molar-refractivity contribution in [3.8, 4) is 0 Å². The lowest BCUT2D eigenvalue weighted by atomic mass is 9.91. The highest BCUT2D eigenvalue weighted by Crippen LogP contribution is 2.33. The minimum Gasteiger partial charge on any atom is -0.377 e. The van der Waals surface area contributed by atoms with Crippen molar-refractivity contribution in [1.82, 2.24) is 26.2 Å². The Morgan fingerprint density at radius 3 is 2.39 bits per heavy atom. The summed E-state index contributed by atoms with van der Waals surface area (Å²) in [6.45, 7) is 7.12. The average molecular weight is 588 g/mol. The van der Waals surface area contributed by atoms with Gasteiger partial charge in [0.15, 0.2) is 0 Å². The highest BCUT2D eigenvalue weighted by molar-refractivity contribution is 5.89. The molecule has 4 amide bonds. The van der Waals surface area contributed by atoms with Crippen molar-refractivity contribution in [3.63, 3.8) is 0 Å². The van der Waals surface area contributed by atoms with Crippen molar-refractivity contribution in [2.24, 2.45) is 5.41 Å². The van der Waals surface area contributed by atoms with E-state index in [1.807, 2.05) is 20.8 Å². The minimum absolute atomic E-state index is 0.153. The highest BCUT2D eigenvalue weighted by atomic mass is 19.3. The second-order valence-electron chi connectivity index (χ2n) is 12.5. The molecule has 11 nitrogen and oxygen atoms in total. The summed E-state index contributed by atoms with van der Waals surface area (Å²) < 4.78 is 38.1. The van der Waals surface area contributed by atoms with Crippen LogP contribution in [-0.2, 0) is 28.7 Å². The second-order valence-corrected chi connectivity index (χ2v) is 12.5. The highest BCUT2D eigenvalue weighted by Gasteiger charge is 2.41. The summed E-state index contributed by atoms with van der Waals surface area (Å²) in [5.74, 6) is -3.71. The fourth-order valence-corrected chi connectivity index (χ4v) is 5.46. The van der Waals surface area contributed by atoms with Gasteiger partial charge in [-0.15, -0.1) is 0 Å². The summed E-state index contributed by atoms with van der Waals surface area (Å²) in [7, 11) is 0. The molecule has 41 heavy (non-hydrogen) atoms. The Morgan fingerprint density at radius 1 is 1.00 bits per heavy atom. The summed E-state index contributed by atoms with van der Waals surface area (Å²) >= 11 is 0. The number of ether oxygens (including phenoxy) is 2. The average Bonchev–Trinajstić information content (AvgIpc) is 3.30. The molecule has 13 heteroatoms. The van der Waals surface area contributed by atoms with Crippen LogP contribution in [0.25, 0.3) is 0 Å². The first kappa shape index (κ1) is 33.1. The summed E-state index contributed by atoms with van der Waals surface area (Å²) in [6, 6.07) is -1.90. The number of hydrogen-bond donors (Lipinski definition) is 4. The van der Waals surface area contributed by atoms with Gasteiger partial charge in [-0.2, -0.15) is 0 Å². The van der Waals surface area contributed by atoms with Gasteiger partial charge in [-0.3, -0.25) is 19.2 Å².